The van der Waals surface area contributed by atoms with Crippen LogP contribution in [0.3, 0.4) is 0 Å². The average Bonchev–Trinajstić information content (AvgIpc) is 3.43. The molecule has 1 amide bonds. The number of amides is 1. The number of ether oxygens (including phenoxy) is 1. The van der Waals surface area contributed by atoms with Crippen molar-refractivity contribution in [1.82, 2.24) is 20.0 Å². The fraction of sp³-hybridized carbons (Fsp3) is 0.238. The summed E-state index contributed by atoms with van der Waals surface area (Å²) in [5.41, 5.74) is 2.49. The standard InChI is InChI=1S/C21H19N7O4S/c1-13-19(24-25-27(13)15-3-2-4-16(12-15)28(30)31)20(29)22-14-5-6-17-18(11-14)33-21(23-17)26-7-9-32-10-8-26/h2-6,11-12H,7-10H2,1H3,(H,22,29). The number of fused-ring (bicyclic) bond motifs is 1. The molecule has 12 heteroatoms. The lowest BCUT2D eigenvalue weighted by atomic mass is 10.2. The summed E-state index contributed by atoms with van der Waals surface area (Å²) in [6.07, 6.45) is 0. The van der Waals surface area contributed by atoms with Crippen molar-refractivity contribution in [2.24, 2.45) is 0 Å². The van der Waals surface area contributed by atoms with Gasteiger partial charge in [0, 0.05) is 30.9 Å². The molecule has 1 aliphatic rings. The van der Waals surface area contributed by atoms with Gasteiger partial charge in [-0.3, -0.25) is 14.9 Å². The lowest BCUT2D eigenvalue weighted by Crippen LogP contribution is -2.36. The second-order valence-electron chi connectivity index (χ2n) is 7.44. The predicted octanol–water partition coefficient (Wildman–Crippen LogP) is 3.18. The highest BCUT2D eigenvalue weighted by molar-refractivity contribution is 7.22. The predicted molar refractivity (Wildman–Crippen MR) is 123 cm³/mol. The van der Waals surface area contributed by atoms with Crippen LogP contribution in [0.4, 0.5) is 16.5 Å². The number of carbonyl (C=O) groups is 1. The number of aromatic nitrogens is 4. The van der Waals surface area contributed by atoms with Gasteiger partial charge in [0.25, 0.3) is 11.6 Å². The van der Waals surface area contributed by atoms with Gasteiger partial charge in [-0.1, -0.05) is 22.6 Å². The molecule has 0 atom stereocenters. The van der Waals surface area contributed by atoms with Crippen LogP contribution in [-0.4, -0.2) is 57.1 Å². The van der Waals surface area contributed by atoms with Crippen LogP contribution in [0.25, 0.3) is 15.9 Å². The fourth-order valence-corrected chi connectivity index (χ4v) is 4.65. The summed E-state index contributed by atoms with van der Waals surface area (Å²) < 4.78 is 7.77. The zero-order valence-corrected chi connectivity index (χ0v) is 18.4. The van der Waals surface area contributed by atoms with Gasteiger partial charge in [0.1, 0.15) is 0 Å². The van der Waals surface area contributed by atoms with Gasteiger partial charge in [0.05, 0.1) is 39.7 Å². The van der Waals surface area contributed by atoms with E-state index in [1.165, 1.54) is 16.8 Å². The number of nitro benzene ring substituents is 1. The highest BCUT2D eigenvalue weighted by Crippen LogP contribution is 2.31. The Kier molecular flexibility index (Phi) is 5.44. The van der Waals surface area contributed by atoms with Crippen molar-refractivity contribution in [2.45, 2.75) is 6.92 Å². The molecule has 0 spiro atoms. The van der Waals surface area contributed by atoms with E-state index in [1.807, 2.05) is 12.1 Å². The summed E-state index contributed by atoms with van der Waals surface area (Å²) >= 11 is 1.57. The van der Waals surface area contributed by atoms with Gasteiger partial charge in [-0.25, -0.2) is 9.67 Å². The highest BCUT2D eigenvalue weighted by Gasteiger charge is 2.20. The minimum atomic E-state index is -0.483. The van der Waals surface area contributed by atoms with E-state index < -0.39 is 10.8 Å². The zero-order valence-electron chi connectivity index (χ0n) is 17.6. The number of hydrogen-bond acceptors (Lipinski definition) is 9. The average molecular weight is 465 g/mol. The molecule has 1 fully saturated rings. The minimum absolute atomic E-state index is 0.0669. The molecule has 2 aromatic carbocycles. The van der Waals surface area contributed by atoms with Gasteiger partial charge in [-0.2, -0.15) is 0 Å². The van der Waals surface area contributed by atoms with Crippen LogP contribution in [0.5, 0.6) is 0 Å². The van der Waals surface area contributed by atoms with Crippen molar-refractivity contribution in [3.05, 3.63) is 64.0 Å². The Hall–Kier alpha value is -3.90. The summed E-state index contributed by atoms with van der Waals surface area (Å²) in [6.45, 7) is 4.68. The molecule has 0 aliphatic carbocycles. The molecule has 0 unspecified atom stereocenters. The van der Waals surface area contributed by atoms with E-state index in [9.17, 15) is 14.9 Å². The number of nitro groups is 1. The molecule has 1 aliphatic heterocycles. The SMILES string of the molecule is Cc1c(C(=O)Nc2ccc3nc(N4CCOCC4)sc3c2)nnn1-c1cccc([N+](=O)[O-])c1. The topological polar surface area (TPSA) is 128 Å². The smallest absolute Gasteiger partial charge is 0.278 e. The van der Waals surface area contributed by atoms with Crippen LogP contribution in [-0.2, 0) is 4.74 Å². The Bertz CT molecular complexity index is 1360. The van der Waals surface area contributed by atoms with E-state index in [2.05, 4.69) is 25.5 Å². The summed E-state index contributed by atoms with van der Waals surface area (Å²) in [5.74, 6) is -0.415. The van der Waals surface area contributed by atoms with Crippen LogP contribution < -0.4 is 10.2 Å². The largest absolute Gasteiger partial charge is 0.378 e. The molecule has 2 aromatic heterocycles. The molecule has 0 saturated carbocycles. The molecule has 1 saturated heterocycles. The molecular weight excluding hydrogens is 446 g/mol. The monoisotopic (exact) mass is 465 g/mol. The molecule has 0 radical (unpaired) electrons. The summed E-state index contributed by atoms with van der Waals surface area (Å²) in [7, 11) is 0. The number of morpholine rings is 1. The van der Waals surface area contributed by atoms with Crippen LogP contribution in [0, 0.1) is 17.0 Å². The molecular formula is C21H19N7O4S. The first-order chi connectivity index (χ1) is 16.0. The van der Waals surface area contributed by atoms with Gasteiger partial charge in [0.15, 0.2) is 10.8 Å². The first-order valence-electron chi connectivity index (χ1n) is 10.2. The molecule has 3 heterocycles. The zero-order chi connectivity index (χ0) is 22.9. The van der Waals surface area contributed by atoms with Crippen LogP contribution in [0.1, 0.15) is 16.2 Å². The minimum Gasteiger partial charge on any atom is -0.378 e. The van der Waals surface area contributed by atoms with Gasteiger partial charge in [-0.15, -0.1) is 5.10 Å². The first kappa shape index (κ1) is 21.0. The summed E-state index contributed by atoms with van der Waals surface area (Å²) in [6, 6.07) is 11.6. The number of benzene rings is 2. The molecule has 5 rings (SSSR count). The van der Waals surface area contributed by atoms with Gasteiger partial charge in [-0.05, 0) is 31.2 Å². The number of non-ortho nitro benzene ring substituents is 1. The van der Waals surface area contributed by atoms with Gasteiger partial charge < -0.3 is 15.0 Å². The van der Waals surface area contributed by atoms with Crippen molar-refractivity contribution in [1.29, 1.82) is 0 Å². The maximum absolute atomic E-state index is 12.9. The third-order valence-electron chi connectivity index (χ3n) is 5.31. The van der Waals surface area contributed by atoms with E-state index >= 15 is 0 Å². The summed E-state index contributed by atoms with van der Waals surface area (Å²) in [5, 5.41) is 22.9. The number of nitrogens with zero attached hydrogens (tertiary/aromatic N) is 6. The first-order valence-corrected chi connectivity index (χ1v) is 11.0. The number of anilines is 2. The van der Waals surface area contributed by atoms with E-state index in [4.69, 9.17) is 4.74 Å². The van der Waals surface area contributed by atoms with Crippen molar-refractivity contribution < 1.29 is 14.5 Å². The molecule has 168 valence electrons. The van der Waals surface area contributed by atoms with Gasteiger partial charge >= 0.3 is 0 Å². The number of nitrogens with one attached hydrogen (secondary N) is 1. The number of hydrogen-bond donors (Lipinski definition) is 1. The Labute approximate surface area is 191 Å². The quantitative estimate of drug-likeness (QED) is 0.352. The van der Waals surface area contributed by atoms with E-state index in [0.29, 0.717) is 30.3 Å². The maximum Gasteiger partial charge on any atom is 0.278 e. The molecule has 1 N–H and O–H groups in total. The highest BCUT2D eigenvalue weighted by atomic mass is 32.1. The normalized spacial score (nSPS) is 13.9. The second-order valence-corrected chi connectivity index (χ2v) is 8.45. The molecule has 33 heavy (non-hydrogen) atoms. The third kappa shape index (κ3) is 4.13. The Balaban J connectivity index is 1.36. The van der Waals surface area contributed by atoms with Crippen LogP contribution >= 0.6 is 11.3 Å². The Morgan fingerprint density at radius 1 is 1.21 bits per heavy atom. The van der Waals surface area contributed by atoms with Crippen LogP contribution in [0.15, 0.2) is 42.5 Å². The van der Waals surface area contributed by atoms with Crippen molar-refractivity contribution >= 4 is 44.0 Å². The second kappa shape index (κ2) is 8.56. The van der Waals surface area contributed by atoms with Crippen molar-refractivity contribution in [3.8, 4) is 5.69 Å². The van der Waals surface area contributed by atoms with E-state index in [-0.39, 0.29) is 11.4 Å². The third-order valence-corrected chi connectivity index (χ3v) is 6.39. The fourth-order valence-electron chi connectivity index (χ4n) is 3.59. The molecule has 11 nitrogen and oxygen atoms in total. The lowest BCUT2D eigenvalue weighted by molar-refractivity contribution is -0.384. The van der Waals surface area contributed by atoms with Crippen LogP contribution in [0.2, 0.25) is 0 Å². The van der Waals surface area contributed by atoms with E-state index in [1.54, 1.807) is 36.5 Å². The van der Waals surface area contributed by atoms with Crippen molar-refractivity contribution in [2.75, 3.05) is 36.5 Å². The summed E-state index contributed by atoms with van der Waals surface area (Å²) in [4.78, 5) is 30.3. The Morgan fingerprint density at radius 2 is 2.03 bits per heavy atom. The number of carbonyl (C=O) groups excluding carboxylic acids is 1. The molecule has 0 bridgehead atoms. The number of rotatable bonds is 5. The maximum atomic E-state index is 12.9. The van der Waals surface area contributed by atoms with Gasteiger partial charge in [0.2, 0.25) is 0 Å². The van der Waals surface area contributed by atoms with E-state index in [0.717, 1.165) is 28.4 Å². The number of thiazole rings is 1. The Morgan fingerprint density at radius 3 is 2.82 bits per heavy atom. The lowest BCUT2D eigenvalue weighted by Gasteiger charge is -2.25. The molecule has 4 aromatic rings. The van der Waals surface area contributed by atoms with Crippen molar-refractivity contribution in [3.63, 3.8) is 0 Å².